The van der Waals surface area contributed by atoms with E-state index in [4.69, 9.17) is 5.73 Å². The molecule has 6 heteroatoms. The van der Waals surface area contributed by atoms with Gasteiger partial charge in [-0.25, -0.2) is 0 Å². The van der Waals surface area contributed by atoms with Gasteiger partial charge in [0, 0.05) is 5.56 Å². The summed E-state index contributed by atoms with van der Waals surface area (Å²) < 4.78 is 38.1. The number of nitrogens with two attached hydrogens (primary N) is 1. The van der Waals surface area contributed by atoms with E-state index in [9.17, 15) is 18.0 Å². The largest absolute Gasteiger partial charge is 0.411 e. The lowest BCUT2D eigenvalue weighted by molar-refractivity contribution is -0.163. The van der Waals surface area contributed by atoms with Crippen molar-refractivity contribution in [3.05, 3.63) is 35.4 Å². The molecule has 1 aromatic rings. The van der Waals surface area contributed by atoms with Crippen LogP contribution in [0.1, 0.15) is 28.8 Å². The summed E-state index contributed by atoms with van der Waals surface area (Å²) in [6.07, 6.45) is -3.81. The monoisotopic (exact) mass is 272 g/mol. The van der Waals surface area contributed by atoms with Gasteiger partial charge >= 0.3 is 6.18 Å². The minimum absolute atomic E-state index is 0.0481. The summed E-state index contributed by atoms with van der Waals surface area (Å²) in [5.74, 6) is -0.686. The molecule has 0 unspecified atom stereocenters. The molecule has 1 aromatic carbocycles. The van der Waals surface area contributed by atoms with E-state index >= 15 is 0 Å². The van der Waals surface area contributed by atoms with Crippen LogP contribution in [0, 0.1) is 0 Å². The summed E-state index contributed by atoms with van der Waals surface area (Å²) in [6.45, 7) is 0.489. The van der Waals surface area contributed by atoms with Gasteiger partial charge in [-0.3, -0.25) is 4.79 Å². The van der Waals surface area contributed by atoms with Gasteiger partial charge in [-0.1, -0.05) is 12.1 Å². The van der Waals surface area contributed by atoms with E-state index < -0.39 is 17.6 Å². The summed E-state index contributed by atoms with van der Waals surface area (Å²) in [5, 5.41) is 2.09. The highest BCUT2D eigenvalue weighted by molar-refractivity contribution is 5.95. The van der Waals surface area contributed by atoms with Crippen LogP contribution in [0.4, 0.5) is 13.2 Å². The summed E-state index contributed by atoms with van der Waals surface area (Å²) in [7, 11) is 0. The second-order valence-electron chi connectivity index (χ2n) is 4.77. The molecule has 2 rings (SSSR count). The average molecular weight is 272 g/mol. The molecule has 3 nitrogen and oxygen atoms in total. The third-order valence-corrected chi connectivity index (χ3v) is 3.29. The van der Waals surface area contributed by atoms with Gasteiger partial charge in [-0.2, -0.15) is 13.2 Å². The van der Waals surface area contributed by atoms with Crippen LogP contribution in [0.3, 0.4) is 0 Å². The van der Waals surface area contributed by atoms with E-state index in [0.717, 1.165) is 5.56 Å². The Morgan fingerprint density at radius 1 is 1.26 bits per heavy atom. The Morgan fingerprint density at radius 3 is 2.26 bits per heavy atom. The van der Waals surface area contributed by atoms with Crippen molar-refractivity contribution in [2.45, 2.75) is 31.0 Å². The fourth-order valence-electron chi connectivity index (χ4n) is 1.88. The van der Waals surface area contributed by atoms with Crippen LogP contribution in [-0.2, 0) is 6.42 Å². The summed E-state index contributed by atoms with van der Waals surface area (Å²) in [5.41, 5.74) is 4.57. The van der Waals surface area contributed by atoms with Crippen molar-refractivity contribution in [3.8, 4) is 0 Å². The first-order valence-electron chi connectivity index (χ1n) is 6.06. The van der Waals surface area contributed by atoms with Gasteiger partial charge in [0.15, 0.2) is 0 Å². The third kappa shape index (κ3) is 2.89. The molecule has 1 saturated carbocycles. The molecule has 0 radical (unpaired) electrons. The van der Waals surface area contributed by atoms with E-state index in [0.29, 0.717) is 13.0 Å². The second kappa shape index (κ2) is 4.85. The van der Waals surface area contributed by atoms with Crippen molar-refractivity contribution in [1.82, 2.24) is 5.32 Å². The first kappa shape index (κ1) is 13.9. The first-order chi connectivity index (χ1) is 8.88. The molecular weight excluding hydrogens is 257 g/mol. The Kier molecular flexibility index (Phi) is 3.54. The van der Waals surface area contributed by atoms with E-state index in [1.54, 1.807) is 12.1 Å². The van der Waals surface area contributed by atoms with Crippen molar-refractivity contribution in [1.29, 1.82) is 0 Å². The lowest BCUT2D eigenvalue weighted by Crippen LogP contribution is -2.47. The van der Waals surface area contributed by atoms with Crippen LogP contribution < -0.4 is 11.1 Å². The molecule has 0 heterocycles. The number of nitrogens with one attached hydrogen (secondary N) is 1. The lowest BCUT2D eigenvalue weighted by Gasteiger charge is -2.20. The predicted molar refractivity (Wildman–Crippen MR) is 64.7 cm³/mol. The predicted octanol–water partition coefficient (Wildman–Crippen LogP) is 2.01. The van der Waals surface area contributed by atoms with Gasteiger partial charge in [-0.15, -0.1) is 0 Å². The minimum Gasteiger partial charge on any atom is -0.338 e. The molecule has 0 bridgehead atoms. The number of benzene rings is 1. The maximum absolute atomic E-state index is 12.7. The number of carbonyl (C=O) groups excluding carboxylic acids is 1. The van der Waals surface area contributed by atoms with Crippen molar-refractivity contribution < 1.29 is 18.0 Å². The molecular formula is C13H15F3N2O. The highest BCUT2D eigenvalue weighted by Gasteiger charge is 2.64. The number of hydrogen-bond donors (Lipinski definition) is 2. The molecule has 0 spiro atoms. The molecule has 0 aliphatic heterocycles. The van der Waals surface area contributed by atoms with Crippen molar-refractivity contribution in [2.24, 2.45) is 5.73 Å². The summed E-state index contributed by atoms with van der Waals surface area (Å²) in [6, 6.07) is 6.45. The van der Waals surface area contributed by atoms with Crippen LogP contribution >= 0.6 is 0 Å². The van der Waals surface area contributed by atoms with E-state index in [1.165, 1.54) is 12.1 Å². The zero-order valence-electron chi connectivity index (χ0n) is 10.3. The molecule has 1 aliphatic rings. The van der Waals surface area contributed by atoms with Crippen LogP contribution in [0.25, 0.3) is 0 Å². The molecule has 1 aliphatic carbocycles. The molecule has 104 valence electrons. The van der Waals surface area contributed by atoms with Gasteiger partial charge in [0.25, 0.3) is 5.91 Å². The Bertz CT molecular complexity index is 464. The lowest BCUT2D eigenvalue weighted by atomic mass is 10.1. The Labute approximate surface area is 109 Å². The van der Waals surface area contributed by atoms with E-state index in [2.05, 4.69) is 5.32 Å². The number of carbonyl (C=O) groups is 1. The number of rotatable bonds is 4. The average Bonchev–Trinajstić information content (AvgIpc) is 3.10. The quantitative estimate of drug-likeness (QED) is 0.881. The van der Waals surface area contributed by atoms with E-state index in [-0.39, 0.29) is 18.4 Å². The molecule has 0 atom stereocenters. The Hall–Kier alpha value is -1.56. The van der Waals surface area contributed by atoms with Crippen molar-refractivity contribution in [3.63, 3.8) is 0 Å². The fraction of sp³-hybridized carbons (Fsp3) is 0.462. The Balaban J connectivity index is 2.04. The fourth-order valence-corrected chi connectivity index (χ4v) is 1.88. The number of amides is 1. The second-order valence-corrected chi connectivity index (χ2v) is 4.77. The molecule has 3 N–H and O–H groups in total. The van der Waals surface area contributed by atoms with E-state index in [1.807, 2.05) is 0 Å². The molecule has 0 saturated heterocycles. The van der Waals surface area contributed by atoms with Crippen LogP contribution in [0.5, 0.6) is 0 Å². The third-order valence-electron chi connectivity index (χ3n) is 3.29. The van der Waals surface area contributed by atoms with Gasteiger partial charge in [0.1, 0.15) is 5.54 Å². The molecule has 1 amide bonds. The van der Waals surface area contributed by atoms with Gasteiger partial charge in [-0.05, 0) is 43.5 Å². The van der Waals surface area contributed by atoms with Crippen molar-refractivity contribution >= 4 is 5.91 Å². The van der Waals surface area contributed by atoms with Crippen LogP contribution in [0.15, 0.2) is 24.3 Å². The number of hydrogen-bond acceptors (Lipinski definition) is 2. The van der Waals surface area contributed by atoms with Crippen LogP contribution in [-0.4, -0.2) is 24.2 Å². The SMILES string of the molecule is NCCc1ccc(C(=O)NC2(C(F)(F)F)CC2)cc1. The molecule has 1 fully saturated rings. The minimum atomic E-state index is -4.39. The van der Waals surface area contributed by atoms with Crippen LogP contribution in [0.2, 0.25) is 0 Å². The zero-order chi connectivity index (χ0) is 14.1. The molecule has 19 heavy (non-hydrogen) atoms. The normalized spacial score (nSPS) is 17.1. The highest BCUT2D eigenvalue weighted by Crippen LogP contribution is 2.49. The smallest absolute Gasteiger partial charge is 0.338 e. The standard InChI is InChI=1S/C13H15F3N2O/c14-13(15,16)12(6-7-12)18-11(19)10-3-1-9(2-4-10)5-8-17/h1-4H,5-8,17H2,(H,18,19). The molecule has 0 aromatic heterocycles. The summed E-state index contributed by atoms with van der Waals surface area (Å²) in [4.78, 5) is 11.8. The topological polar surface area (TPSA) is 55.1 Å². The van der Waals surface area contributed by atoms with Gasteiger partial charge in [0.05, 0.1) is 0 Å². The highest BCUT2D eigenvalue weighted by atomic mass is 19.4. The first-order valence-corrected chi connectivity index (χ1v) is 6.06. The van der Waals surface area contributed by atoms with Gasteiger partial charge in [0.2, 0.25) is 0 Å². The maximum Gasteiger partial charge on any atom is 0.411 e. The maximum atomic E-state index is 12.7. The van der Waals surface area contributed by atoms with Gasteiger partial charge < -0.3 is 11.1 Å². The Morgan fingerprint density at radius 2 is 1.84 bits per heavy atom. The van der Waals surface area contributed by atoms with Crippen molar-refractivity contribution in [2.75, 3.05) is 6.54 Å². The zero-order valence-corrected chi connectivity index (χ0v) is 10.3. The summed E-state index contributed by atoms with van der Waals surface area (Å²) >= 11 is 0. The number of halogens is 3. The number of alkyl halides is 3.